The van der Waals surface area contributed by atoms with E-state index in [0.717, 1.165) is 36.2 Å². The molecule has 0 unspecified atom stereocenters. The molecular weight excluding hydrogens is 252 g/mol. The summed E-state index contributed by atoms with van der Waals surface area (Å²) in [4.78, 5) is 0. The van der Waals surface area contributed by atoms with Gasteiger partial charge in [-0.15, -0.1) is 10.2 Å². The Labute approximate surface area is 120 Å². The molecule has 0 spiro atoms. The van der Waals surface area contributed by atoms with Gasteiger partial charge < -0.3 is 10.1 Å². The Kier molecular flexibility index (Phi) is 4.61. The van der Waals surface area contributed by atoms with Gasteiger partial charge in [-0.25, -0.2) is 0 Å². The minimum absolute atomic E-state index is 0.159. The van der Waals surface area contributed by atoms with E-state index >= 15 is 0 Å². The summed E-state index contributed by atoms with van der Waals surface area (Å²) in [7, 11) is 0. The molecule has 108 valence electrons. The predicted octanol–water partition coefficient (Wildman–Crippen LogP) is 3.18. The summed E-state index contributed by atoms with van der Waals surface area (Å²) in [5.74, 6) is 2.52. The highest BCUT2D eigenvalue weighted by atomic mass is 16.5. The third-order valence-electron chi connectivity index (χ3n) is 2.87. The molecule has 0 amide bonds. The maximum atomic E-state index is 5.73. The second-order valence-electron chi connectivity index (χ2n) is 4.82. The maximum Gasteiger partial charge on any atom is 0.224 e. The van der Waals surface area contributed by atoms with Gasteiger partial charge in [-0.3, -0.25) is 4.57 Å². The summed E-state index contributed by atoms with van der Waals surface area (Å²) in [6.45, 7) is 9.82. The molecule has 0 atom stereocenters. The number of benzene rings is 1. The van der Waals surface area contributed by atoms with Crippen LogP contribution in [0.5, 0.6) is 5.75 Å². The van der Waals surface area contributed by atoms with Crippen molar-refractivity contribution in [2.75, 3.05) is 11.9 Å². The molecule has 2 rings (SSSR count). The van der Waals surface area contributed by atoms with Gasteiger partial charge in [0.15, 0.2) is 5.82 Å². The zero-order valence-corrected chi connectivity index (χ0v) is 12.6. The van der Waals surface area contributed by atoms with Crippen LogP contribution in [0.15, 0.2) is 24.3 Å². The van der Waals surface area contributed by atoms with Crippen LogP contribution in [0.2, 0.25) is 0 Å². The van der Waals surface area contributed by atoms with Gasteiger partial charge in [-0.2, -0.15) is 0 Å². The molecule has 0 aliphatic heterocycles. The molecule has 0 radical (unpaired) electrons. The number of nitrogens with zero attached hydrogens (tertiary/aromatic N) is 3. The van der Waals surface area contributed by atoms with Gasteiger partial charge in [0.25, 0.3) is 0 Å². The van der Waals surface area contributed by atoms with E-state index in [2.05, 4.69) is 27.0 Å². The van der Waals surface area contributed by atoms with E-state index in [-0.39, 0.29) is 6.10 Å². The Morgan fingerprint density at radius 1 is 1.25 bits per heavy atom. The van der Waals surface area contributed by atoms with E-state index in [9.17, 15) is 0 Å². The molecule has 1 heterocycles. The lowest BCUT2D eigenvalue weighted by atomic mass is 10.2. The SMILES string of the molecule is CCNc1nnc(-c2cccc(OC(C)C)c2)n1CC. The lowest BCUT2D eigenvalue weighted by Gasteiger charge is -2.11. The highest BCUT2D eigenvalue weighted by Gasteiger charge is 2.12. The van der Waals surface area contributed by atoms with Gasteiger partial charge in [-0.1, -0.05) is 12.1 Å². The van der Waals surface area contributed by atoms with Crippen molar-refractivity contribution in [3.63, 3.8) is 0 Å². The standard InChI is InChI=1S/C15H22N4O/c1-5-16-15-18-17-14(19(15)6-2)12-8-7-9-13(10-12)20-11(3)4/h7-11H,5-6H2,1-4H3,(H,16,18). The highest BCUT2D eigenvalue weighted by Crippen LogP contribution is 2.25. The molecule has 0 bridgehead atoms. The molecular formula is C15H22N4O. The molecule has 0 saturated heterocycles. The zero-order valence-electron chi connectivity index (χ0n) is 12.6. The molecule has 2 aromatic rings. The molecule has 20 heavy (non-hydrogen) atoms. The van der Waals surface area contributed by atoms with E-state index in [4.69, 9.17) is 4.74 Å². The van der Waals surface area contributed by atoms with Crippen LogP contribution in [0, 0.1) is 0 Å². The molecule has 1 aromatic carbocycles. The minimum Gasteiger partial charge on any atom is -0.491 e. The molecule has 0 aliphatic rings. The van der Waals surface area contributed by atoms with Crippen molar-refractivity contribution in [3.05, 3.63) is 24.3 Å². The lowest BCUT2D eigenvalue weighted by Crippen LogP contribution is -2.07. The van der Waals surface area contributed by atoms with Crippen molar-refractivity contribution in [1.29, 1.82) is 0 Å². The van der Waals surface area contributed by atoms with Crippen molar-refractivity contribution in [1.82, 2.24) is 14.8 Å². The second kappa shape index (κ2) is 6.41. The Balaban J connectivity index is 2.36. The van der Waals surface area contributed by atoms with Crippen molar-refractivity contribution < 1.29 is 4.74 Å². The van der Waals surface area contributed by atoms with Gasteiger partial charge in [0.2, 0.25) is 5.95 Å². The minimum atomic E-state index is 0.159. The number of anilines is 1. The first kappa shape index (κ1) is 14.4. The van der Waals surface area contributed by atoms with E-state index in [0.29, 0.717) is 0 Å². The summed E-state index contributed by atoms with van der Waals surface area (Å²) in [6, 6.07) is 7.97. The van der Waals surface area contributed by atoms with Gasteiger partial charge in [0.1, 0.15) is 5.75 Å². The average molecular weight is 274 g/mol. The number of hydrogen-bond donors (Lipinski definition) is 1. The quantitative estimate of drug-likeness (QED) is 0.879. The van der Waals surface area contributed by atoms with Crippen LogP contribution in [0.3, 0.4) is 0 Å². The zero-order chi connectivity index (χ0) is 14.5. The van der Waals surface area contributed by atoms with Crippen LogP contribution < -0.4 is 10.1 Å². The van der Waals surface area contributed by atoms with Crippen LogP contribution in [-0.4, -0.2) is 27.4 Å². The fourth-order valence-corrected chi connectivity index (χ4v) is 2.09. The molecule has 5 nitrogen and oxygen atoms in total. The number of rotatable bonds is 6. The van der Waals surface area contributed by atoms with Crippen LogP contribution >= 0.6 is 0 Å². The molecule has 1 N–H and O–H groups in total. The molecule has 0 aliphatic carbocycles. The first-order valence-electron chi connectivity index (χ1n) is 7.09. The fourth-order valence-electron chi connectivity index (χ4n) is 2.09. The number of hydrogen-bond acceptors (Lipinski definition) is 4. The van der Waals surface area contributed by atoms with E-state index < -0.39 is 0 Å². The van der Waals surface area contributed by atoms with Gasteiger partial charge in [0, 0.05) is 18.7 Å². The Hall–Kier alpha value is -2.04. The van der Waals surface area contributed by atoms with E-state index in [1.807, 2.05) is 45.0 Å². The molecule has 1 aromatic heterocycles. The monoisotopic (exact) mass is 274 g/mol. The largest absolute Gasteiger partial charge is 0.491 e. The van der Waals surface area contributed by atoms with Crippen molar-refractivity contribution in [2.24, 2.45) is 0 Å². The lowest BCUT2D eigenvalue weighted by molar-refractivity contribution is 0.242. The normalized spacial score (nSPS) is 10.8. The Morgan fingerprint density at radius 3 is 2.70 bits per heavy atom. The predicted molar refractivity (Wildman–Crippen MR) is 81.1 cm³/mol. The molecule has 0 fully saturated rings. The van der Waals surface area contributed by atoms with Crippen LogP contribution in [0.1, 0.15) is 27.7 Å². The van der Waals surface area contributed by atoms with Crippen molar-refractivity contribution in [2.45, 2.75) is 40.3 Å². The van der Waals surface area contributed by atoms with Crippen LogP contribution in [-0.2, 0) is 6.54 Å². The van der Waals surface area contributed by atoms with E-state index in [1.165, 1.54) is 0 Å². The van der Waals surface area contributed by atoms with Crippen LogP contribution in [0.4, 0.5) is 5.95 Å². The van der Waals surface area contributed by atoms with Crippen LogP contribution in [0.25, 0.3) is 11.4 Å². The Morgan fingerprint density at radius 2 is 2.05 bits per heavy atom. The van der Waals surface area contributed by atoms with Gasteiger partial charge in [-0.05, 0) is 39.8 Å². The number of aromatic nitrogens is 3. The van der Waals surface area contributed by atoms with Crippen molar-refractivity contribution >= 4 is 5.95 Å². The maximum absolute atomic E-state index is 5.73. The van der Waals surface area contributed by atoms with Gasteiger partial charge in [0.05, 0.1) is 6.10 Å². The Bertz CT molecular complexity index is 563. The summed E-state index contributed by atoms with van der Waals surface area (Å²) in [5, 5.41) is 11.7. The first-order valence-corrected chi connectivity index (χ1v) is 7.09. The molecule has 5 heteroatoms. The summed E-state index contributed by atoms with van der Waals surface area (Å²) in [5.41, 5.74) is 1.02. The summed E-state index contributed by atoms with van der Waals surface area (Å²) < 4.78 is 7.80. The fraction of sp³-hybridized carbons (Fsp3) is 0.467. The second-order valence-corrected chi connectivity index (χ2v) is 4.82. The summed E-state index contributed by atoms with van der Waals surface area (Å²) >= 11 is 0. The topological polar surface area (TPSA) is 52.0 Å². The number of ether oxygens (including phenoxy) is 1. The highest BCUT2D eigenvalue weighted by molar-refractivity contribution is 5.59. The summed E-state index contributed by atoms with van der Waals surface area (Å²) in [6.07, 6.45) is 0.159. The third-order valence-corrected chi connectivity index (χ3v) is 2.87. The smallest absolute Gasteiger partial charge is 0.224 e. The third kappa shape index (κ3) is 3.10. The van der Waals surface area contributed by atoms with Gasteiger partial charge >= 0.3 is 0 Å². The van der Waals surface area contributed by atoms with Crippen molar-refractivity contribution in [3.8, 4) is 17.1 Å². The first-order chi connectivity index (χ1) is 9.65. The molecule has 0 saturated carbocycles. The number of nitrogens with one attached hydrogen (secondary N) is 1. The van der Waals surface area contributed by atoms with E-state index in [1.54, 1.807) is 0 Å². The average Bonchev–Trinajstić information content (AvgIpc) is 2.81.